The Morgan fingerprint density at radius 2 is 1.76 bits per heavy atom. The maximum absolute atomic E-state index is 11.5. The summed E-state index contributed by atoms with van der Waals surface area (Å²) < 4.78 is 0. The molecule has 0 radical (unpaired) electrons. The summed E-state index contributed by atoms with van der Waals surface area (Å²) in [6.45, 7) is 4.08. The Hall–Kier alpha value is -2.49. The van der Waals surface area contributed by atoms with E-state index in [0.29, 0.717) is 6.42 Å². The molecule has 1 aliphatic heterocycles. The van der Waals surface area contributed by atoms with Gasteiger partial charge in [0, 0.05) is 23.6 Å². The zero-order valence-corrected chi connectivity index (χ0v) is 12.1. The number of hydrogen-bond donors (Lipinski definition) is 1. The first kappa shape index (κ1) is 13.5. The summed E-state index contributed by atoms with van der Waals surface area (Å²) in [5.74, 6) is -0.0335. The van der Waals surface area contributed by atoms with E-state index < -0.39 is 0 Å². The molecule has 1 aromatic carbocycles. The van der Waals surface area contributed by atoms with E-state index >= 15 is 0 Å². The highest BCUT2D eigenvalue weighted by atomic mass is 16.2. The number of hydrogen-bond acceptors (Lipinski definition) is 3. The number of benzene rings is 1. The third-order valence-electron chi connectivity index (χ3n) is 3.65. The molecule has 2 heterocycles. The van der Waals surface area contributed by atoms with Crippen LogP contribution in [0.1, 0.15) is 25.8 Å². The van der Waals surface area contributed by atoms with Crippen molar-refractivity contribution in [1.29, 1.82) is 0 Å². The molecule has 0 saturated carbocycles. The molecule has 1 aliphatic rings. The van der Waals surface area contributed by atoms with Crippen molar-refractivity contribution < 1.29 is 4.79 Å². The summed E-state index contributed by atoms with van der Waals surface area (Å²) in [6, 6.07) is 14.0. The lowest BCUT2D eigenvalue weighted by Gasteiger charge is -2.29. The molecular weight excluding hydrogens is 262 g/mol. The van der Waals surface area contributed by atoms with Crippen molar-refractivity contribution in [2.24, 2.45) is 10.5 Å². The van der Waals surface area contributed by atoms with Gasteiger partial charge in [-0.3, -0.25) is 9.78 Å². The molecule has 106 valence electrons. The van der Waals surface area contributed by atoms with Crippen LogP contribution in [0.25, 0.3) is 11.3 Å². The minimum absolute atomic E-state index is 0.0335. The van der Waals surface area contributed by atoms with Gasteiger partial charge in [-0.2, -0.15) is 5.10 Å². The van der Waals surface area contributed by atoms with Crippen LogP contribution in [0.3, 0.4) is 0 Å². The van der Waals surface area contributed by atoms with E-state index in [1.54, 1.807) is 6.20 Å². The number of pyridine rings is 1. The number of nitrogens with one attached hydrogen (secondary N) is 1. The van der Waals surface area contributed by atoms with Crippen LogP contribution in [0.4, 0.5) is 0 Å². The van der Waals surface area contributed by atoms with Crippen molar-refractivity contribution in [2.45, 2.75) is 20.3 Å². The molecule has 4 heteroatoms. The molecule has 0 atom stereocenters. The van der Waals surface area contributed by atoms with Crippen molar-refractivity contribution in [3.8, 4) is 11.3 Å². The molecular formula is C17H17N3O. The van der Waals surface area contributed by atoms with Gasteiger partial charge in [-0.05, 0) is 17.7 Å². The van der Waals surface area contributed by atoms with Gasteiger partial charge in [-0.25, -0.2) is 5.43 Å². The molecule has 0 unspecified atom stereocenters. The molecule has 3 rings (SSSR count). The second kappa shape index (κ2) is 5.13. The standard InChI is InChI=1S/C17H17N3O/c1-17(2)11-15(21)19-20-16(17)13-8-6-12(7-9-13)14-5-3-4-10-18-14/h3-10H,11H2,1-2H3,(H,19,21). The molecule has 1 N–H and O–H groups in total. The number of carbonyl (C=O) groups is 1. The number of rotatable bonds is 2. The second-order valence-electron chi connectivity index (χ2n) is 5.85. The van der Waals surface area contributed by atoms with E-state index in [-0.39, 0.29) is 11.3 Å². The summed E-state index contributed by atoms with van der Waals surface area (Å²) in [6.07, 6.45) is 2.24. The highest BCUT2D eigenvalue weighted by Crippen LogP contribution is 2.30. The molecule has 4 nitrogen and oxygen atoms in total. The number of nitrogens with zero attached hydrogens (tertiary/aromatic N) is 2. The predicted octanol–water partition coefficient (Wildman–Crippen LogP) is 3.00. The number of aromatic nitrogens is 1. The Morgan fingerprint density at radius 3 is 2.38 bits per heavy atom. The van der Waals surface area contributed by atoms with Crippen LogP contribution in [-0.2, 0) is 4.79 Å². The van der Waals surface area contributed by atoms with Gasteiger partial charge in [0.15, 0.2) is 0 Å². The molecule has 1 aromatic heterocycles. The number of hydrazone groups is 1. The van der Waals surface area contributed by atoms with Crippen LogP contribution in [0.2, 0.25) is 0 Å². The van der Waals surface area contributed by atoms with Crippen molar-refractivity contribution >= 4 is 11.6 Å². The van der Waals surface area contributed by atoms with Gasteiger partial charge in [-0.1, -0.05) is 44.2 Å². The fourth-order valence-corrected chi connectivity index (χ4v) is 2.58. The number of carbonyl (C=O) groups excluding carboxylic acids is 1. The summed E-state index contributed by atoms with van der Waals surface area (Å²) in [4.78, 5) is 15.8. The Labute approximate surface area is 123 Å². The van der Waals surface area contributed by atoms with Crippen LogP contribution in [-0.4, -0.2) is 16.6 Å². The average Bonchev–Trinajstić information content (AvgIpc) is 2.47. The largest absolute Gasteiger partial charge is 0.273 e. The van der Waals surface area contributed by atoms with Gasteiger partial charge >= 0.3 is 0 Å². The van der Waals surface area contributed by atoms with E-state index in [9.17, 15) is 4.79 Å². The van der Waals surface area contributed by atoms with Crippen molar-refractivity contribution in [1.82, 2.24) is 10.4 Å². The Balaban J connectivity index is 1.93. The van der Waals surface area contributed by atoms with E-state index in [1.165, 1.54) is 0 Å². The predicted molar refractivity (Wildman–Crippen MR) is 82.8 cm³/mol. The Morgan fingerprint density at radius 1 is 1.05 bits per heavy atom. The molecule has 0 bridgehead atoms. The highest BCUT2D eigenvalue weighted by molar-refractivity contribution is 6.08. The van der Waals surface area contributed by atoms with E-state index in [2.05, 4.69) is 15.5 Å². The molecule has 0 saturated heterocycles. The maximum atomic E-state index is 11.5. The summed E-state index contributed by atoms with van der Waals surface area (Å²) in [5, 5.41) is 4.24. The first-order chi connectivity index (χ1) is 10.1. The SMILES string of the molecule is CC1(C)CC(=O)NN=C1c1ccc(-c2ccccn2)cc1. The lowest BCUT2D eigenvalue weighted by atomic mass is 9.79. The lowest BCUT2D eigenvalue weighted by Crippen LogP contribution is -2.39. The molecule has 21 heavy (non-hydrogen) atoms. The summed E-state index contributed by atoms with van der Waals surface area (Å²) >= 11 is 0. The van der Waals surface area contributed by atoms with Gasteiger partial charge in [-0.15, -0.1) is 0 Å². The minimum Gasteiger partial charge on any atom is -0.273 e. The van der Waals surface area contributed by atoms with Gasteiger partial charge in [0.05, 0.1) is 11.4 Å². The maximum Gasteiger partial charge on any atom is 0.241 e. The first-order valence-corrected chi connectivity index (χ1v) is 6.95. The van der Waals surface area contributed by atoms with Crippen LogP contribution in [0.15, 0.2) is 53.8 Å². The summed E-state index contributed by atoms with van der Waals surface area (Å²) in [7, 11) is 0. The average molecular weight is 279 g/mol. The smallest absolute Gasteiger partial charge is 0.241 e. The van der Waals surface area contributed by atoms with Gasteiger partial charge in [0.25, 0.3) is 0 Å². The fourth-order valence-electron chi connectivity index (χ4n) is 2.58. The van der Waals surface area contributed by atoms with Crippen LogP contribution in [0.5, 0.6) is 0 Å². The molecule has 0 spiro atoms. The Kier molecular flexibility index (Phi) is 3.29. The third-order valence-corrected chi connectivity index (χ3v) is 3.65. The van der Waals surface area contributed by atoms with Crippen molar-refractivity contribution in [2.75, 3.05) is 0 Å². The third kappa shape index (κ3) is 2.70. The van der Waals surface area contributed by atoms with Crippen LogP contribution < -0.4 is 5.43 Å². The van der Waals surface area contributed by atoms with Gasteiger partial charge in [0.1, 0.15) is 0 Å². The minimum atomic E-state index is -0.255. The van der Waals surface area contributed by atoms with Gasteiger partial charge < -0.3 is 0 Å². The van der Waals surface area contributed by atoms with Crippen LogP contribution >= 0.6 is 0 Å². The normalized spacial score (nSPS) is 17.0. The lowest BCUT2D eigenvalue weighted by molar-refractivity contribution is -0.122. The topological polar surface area (TPSA) is 54.4 Å². The fraction of sp³-hybridized carbons (Fsp3) is 0.235. The van der Waals surface area contributed by atoms with Crippen LogP contribution in [0, 0.1) is 5.41 Å². The first-order valence-electron chi connectivity index (χ1n) is 6.95. The van der Waals surface area contributed by atoms with Crippen molar-refractivity contribution in [3.63, 3.8) is 0 Å². The van der Waals surface area contributed by atoms with E-state index in [1.807, 2.05) is 56.3 Å². The van der Waals surface area contributed by atoms with Gasteiger partial charge in [0.2, 0.25) is 5.91 Å². The van der Waals surface area contributed by atoms with Crippen molar-refractivity contribution in [3.05, 3.63) is 54.2 Å². The zero-order valence-electron chi connectivity index (χ0n) is 12.1. The monoisotopic (exact) mass is 279 g/mol. The Bertz CT molecular complexity index is 688. The molecule has 0 fully saturated rings. The molecule has 2 aromatic rings. The zero-order chi connectivity index (χ0) is 14.9. The van der Waals surface area contributed by atoms with E-state index in [0.717, 1.165) is 22.5 Å². The summed E-state index contributed by atoms with van der Waals surface area (Å²) in [5.41, 5.74) is 6.27. The molecule has 0 aliphatic carbocycles. The second-order valence-corrected chi connectivity index (χ2v) is 5.85. The molecule has 1 amide bonds. The highest BCUT2D eigenvalue weighted by Gasteiger charge is 2.32. The van der Waals surface area contributed by atoms with E-state index in [4.69, 9.17) is 0 Å². The quantitative estimate of drug-likeness (QED) is 0.918. The number of amides is 1.